The highest BCUT2D eigenvalue weighted by Crippen LogP contribution is 2.16. The molecule has 0 aliphatic rings. The molecule has 0 aromatic heterocycles. The topological polar surface area (TPSA) is 78.9 Å². The molecule has 0 rings (SSSR count). The molecule has 0 aromatic carbocycles. The number of hydrogen-bond acceptors (Lipinski definition) is 6. The van der Waals surface area contributed by atoms with Crippen LogP contribution in [0.5, 0.6) is 0 Å². The predicted octanol–water partition coefficient (Wildman–Crippen LogP) is 18.8. The third kappa shape index (κ3) is 52.1. The van der Waals surface area contributed by atoms with Crippen LogP contribution in [0, 0.1) is 0 Å². The normalized spacial score (nSPS) is 12.5. The second-order valence-electron chi connectivity index (χ2n) is 18.8. The summed E-state index contributed by atoms with van der Waals surface area (Å²) >= 11 is 0. The van der Waals surface area contributed by atoms with E-state index < -0.39 is 6.10 Å². The van der Waals surface area contributed by atoms with Crippen LogP contribution in [0.25, 0.3) is 0 Å². The molecule has 0 N–H and O–H groups in total. The van der Waals surface area contributed by atoms with Crippen molar-refractivity contribution in [3.63, 3.8) is 0 Å². The van der Waals surface area contributed by atoms with Gasteiger partial charge in [0.1, 0.15) is 13.2 Å². The van der Waals surface area contributed by atoms with Gasteiger partial charge >= 0.3 is 17.9 Å². The van der Waals surface area contributed by atoms with Crippen LogP contribution in [-0.2, 0) is 28.6 Å². The van der Waals surface area contributed by atoms with Crippen LogP contribution in [0.2, 0.25) is 0 Å². The van der Waals surface area contributed by atoms with Gasteiger partial charge in [-0.1, -0.05) is 261 Å². The molecule has 0 amide bonds. The number of carbonyl (C=O) groups excluding carboxylic acids is 3. The SMILES string of the molecule is CC/C=C/C/C=C/C/C=C/C/C=C/C/C=C/CCCCCC(=O)OC[C@@H](COC(=O)CCCCCCCCCCCCCCC)OC(=O)CCCCCCCCCCCCCCCCCC. The van der Waals surface area contributed by atoms with Crippen LogP contribution in [0.4, 0.5) is 0 Å². The number of esters is 3. The number of unbranched alkanes of at least 4 members (excludes halogenated alkanes) is 30. The summed E-state index contributed by atoms with van der Waals surface area (Å²) in [6, 6.07) is 0. The van der Waals surface area contributed by atoms with E-state index in [2.05, 4.69) is 81.5 Å². The number of rotatable bonds is 51. The second kappa shape index (κ2) is 54.7. The van der Waals surface area contributed by atoms with Gasteiger partial charge in [-0.3, -0.25) is 14.4 Å². The van der Waals surface area contributed by atoms with Gasteiger partial charge in [-0.15, -0.1) is 0 Å². The molecule has 0 aliphatic carbocycles. The maximum Gasteiger partial charge on any atom is 0.306 e. The Morgan fingerprint density at radius 1 is 0.318 bits per heavy atom. The molecule has 0 saturated heterocycles. The molecule has 0 aromatic rings. The Morgan fingerprint density at radius 3 is 0.924 bits per heavy atom. The first-order valence-electron chi connectivity index (χ1n) is 28.3. The summed E-state index contributed by atoms with van der Waals surface area (Å²) in [4.78, 5) is 38.1. The summed E-state index contributed by atoms with van der Waals surface area (Å²) in [5, 5.41) is 0. The summed E-state index contributed by atoms with van der Waals surface area (Å²) < 4.78 is 16.8. The molecule has 66 heavy (non-hydrogen) atoms. The van der Waals surface area contributed by atoms with E-state index in [0.717, 1.165) is 96.3 Å². The summed E-state index contributed by atoms with van der Waals surface area (Å²) in [6.07, 6.45) is 67.8. The molecule has 382 valence electrons. The summed E-state index contributed by atoms with van der Waals surface area (Å²) in [7, 11) is 0. The van der Waals surface area contributed by atoms with Gasteiger partial charge in [0.2, 0.25) is 0 Å². The summed E-state index contributed by atoms with van der Waals surface area (Å²) in [6.45, 7) is 6.53. The molecular formula is C60H106O6. The van der Waals surface area contributed by atoms with Crippen molar-refractivity contribution in [2.45, 2.75) is 290 Å². The first-order chi connectivity index (χ1) is 32.5. The Balaban J connectivity index is 4.40. The zero-order valence-corrected chi connectivity index (χ0v) is 43.7. The molecule has 0 radical (unpaired) electrons. The van der Waals surface area contributed by atoms with Crippen LogP contribution in [0.15, 0.2) is 60.8 Å². The van der Waals surface area contributed by atoms with Gasteiger partial charge in [0.25, 0.3) is 0 Å². The van der Waals surface area contributed by atoms with Gasteiger partial charge in [0.05, 0.1) is 0 Å². The minimum Gasteiger partial charge on any atom is -0.462 e. The smallest absolute Gasteiger partial charge is 0.306 e. The van der Waals surface area contributed by atoms with Crippen molar-refractivity contribution in [3.05, 3.63) is 60.8 Å². The van der Waals surface area contributed by atoms with E-state index >= 15 is 0 Å². The number of allylic oxidation sites excluding steroid dienone is 10. The van der Waals surface area contributed by atoms with Crippen LogP contribution < -0.4 is 0 Å². The molecule has 0 spiro atoms. The second-order valence-corrected chi connectivity index (χ2v) is 18.8. The van der Waals surface area contributed by atoms with Gasteiger partial charge in [-0.2, -0.15) is 0 Å². The van der Waals surface area contributed by atoms with Crippen molar-refractivity contribution < 1.29 is 28.6 Å². The van der Waals surface area contributed by atoms with Crippen molar-refractivity contribution in [1.82, 2.24) is 0 Å². The predicted molar refractivity (Wildman–Crippen MR) is 284 cm³/mol. The first kappa shape index (κ1) is 63.1. The Kier molecular flexibility index (Phi) is 52.3. The average Bonchev–Trinajstić information content (AvgIpc) is 3.31. The van der Waals surface area contributed by atoms with Crippen LogP contribution in [-0.4, -0.2) is 37.2 Å². The van der Waals surface area contributed by atoms with Gasteiger partial charge in [0.15, 0.2) is 6.10 Å². The minimum atomic E-state index is -0.784. The highest BCUT2D eigenvalue weighted by Gasteiger charge is 2.19. The van der Waals surface area contributed by atoms with Crippen LogP contribution in [0.1, 0.15) is 284 Å². The molecular weight excluding hydrogens is 817 g/mol. The van der Waals surface area contributed by atoms with E-state index in [9.17, 15) is 14.4 Å². The molecule has 0 heterocycles. The van der Waals surface area contributed by atoms with Crippen LogP contribution >= 0.6 is 0 Å². The number of ether oxygens (including phenoxy) is 3. The number of carbonyl (C=O) groups is 3. The molecule has 6 heteroatoms. The molecule has 0 bridgehead atoms. The van der Waals surface area contributed by atoms with E-state index in [1.165, 1.54) is 148 Å². The van der Waals surface area contributed by atoms with E-state index in [1.807, 2.05) is 0 Å². The molecule has 0 aliphatic heterocycles. The Morgan fingerprint density at radius 2 is 0.591 bits per heavy atom. The zero-order valence-electron chi connectivity index (χ0n) is 43.7. The lowest BCUT2D eigenvalue weighted by molar-refractivity contribution is -0.167. The lowest BCUT2D eigenvalue weighted by Crippen LogP contribution is -2.30. The molecule has 0 saturated carbocycles. The van der Waals surface area contributed by atoms with Crippen molar-refractivity contribution in [1.29, 1.82) is 0 Å². The molecule has 0 unspecified atom stereocenters. The van der Waals surface area contributed by atoms with E-state index in [4.69, 9.17) is 14.2 Å². The molecule has 0 fully saturated rings. The van der Waals surface area contributed by atoms with E-state index in [-0.39, 0.29) is 31.1 Å². The maximum atomic E-state index is 12.8. The third-order valence-electron chi connectivity index (χ3n) is 12.3. The standard InChI is InChI=1S/C60H106O6/c1-4-7-10-13-16-19-22-25-27-29-30-31-33-35-38-41-44-47-50-53-59(62)65-56-57(55-64-58(61)52-49-46-43-40-37-34-24-21-18-15-12-9-6-3)66-60(63)54-51-48-45-42-39-36-32-28-26-23-20-17-14-11-8-5-2/h7,10,16,19,25,27,30-31,35,38,57H,4-6,8-9,11-15,17-18,20-24,26,28-29,32-34,36-37,39-56H2,1-3H3/b10-7+,19-16+,27-25+,31-30+,38-35+/t57-/m1/s1. The fourth-order valence-electron chi connectivity index (χ4n) is 8.06. The highest BCUT2D eigenvalue weighted by atomic mass is 16.6. The van der Waals surface area contributed by atoms with Crippen LogP contribution in [0.3, 0.4) is 0 Å². The Labute approximate surface area is 409 Å². The molecule has 1 atom stereocenters. The first-order valence-corrected chi connectivity index (χ1v) is 28.3. The van der Waals surface area contributed by atoms with Crippen molar-refractivity contribution in [3.8, 4) is 0 Å². The quantitative estimate of drug-likeness (QED) is 0.0262. The van der Waals surface area contributed by atoms with Crippen molar-refractivity contribution in [2.24, 2.45) is 0 Å². The Hall–Kier alpha value is -2.89. The fourth-order valence-corrected chi connectivity index (χ4v) is 8.06. The Bertz CT molecular complexity index is 1200. The monoisotopic (exact) mass is 923 g/mol. The summed E-state index contributed by atoms with van der Waals surface area (Å²) in [5.41, 5.74) is 0. The van der Waals surface area contributed by atoms with Crippen molar-refractivity contribution >= 4 is 17.9 Å². The average molecular weight is 924 g/mol. The maximum absolute atomic E-state index is 12.8. The van der Waals surface area contributed by atoms with Gasteiger partial charge in [-0.05, 0) is 64.2 Å². The number of hydrogen-bond donors (Lipinski definition) is 0. The fraction of sp³-hybridized carbons (Fsp3) is 0.783. The van der Waals surface area contributed by atoms with Crippen molar-refractivity contribution in [2.75, 3.05) is 13.2 Å². The minimum absolute atomic E-state index is 0.0808. The van der Waals surface area contributed by atoms with Gasteiger partial charge in [-0.25, -0.2) is 0 Å². The largest absolute Gasteiger partial charge is 0.462 e. The summed E-state index contributed by atoms with van der Waals surface area (Å²) in [5.74, 6) is -0.901. The highest BCUT2D eigenvalue weighted by molar-refractivity contribution is 5.71. The van der Waals surface area contributed by atoms with Gasteiger partial charge < -0.3 is 14.2 Å². The molecule has 6 nitrogen and oxygen atoms in total. The van der Waals surface area contributed by atoms with E-state index in [0.29, 0.717) is 19.3 Å². The van der Waals surface area contributed by atoms with Gasteiger partial charge in [0, 0.05) is 19.3 Å². The lowest BCUT2D eigenvalue weighted by atomic mass is 10.0. The zero-order chi connectivity index (χ0) is 47.9. The van der Waals surface area contributed by atoms with E-state index in [1.54, 1.807) is 0 Å². The third-order valence-corrected chi connectivity index (χ3v) is 12.3. The lowest BCUT2D eigenvalue weighted by Gasteiger charge is -2.18.